The summed E-state index contributed by atoms with van der Waals surface area (Å²) in [6.45, 7) is 7.00. The summed E-state index contributed by atoms with van der Waals surface area (Å²) in [5, 5.41) is 3.05. The van der Waals surface area contributed by atoms with E-state index in [2.05, 4.69) is 50.4 Å². The highest BCUT2D eigenvalue weighted by Crippen LogP contribution is 2.43. The lowest BCUT2D eigenvalue weighted by Gasteiger charge is -2.27. The Kier molecular flexibility index (Phi) is 49.5. The Labute approximate surface area is 434 Å². The van der Waals surface area contributed by atoms with Crippen LogP contribution in [-0.4, -0.2) is 74.3 Å². The molecule has 3 atom stereocenters. The summed E-state index contributed by atoms with van der Waals surface area (Å²) in [4.78, 5) is 37.6. The lowest BCUT2D eigenvalue weighted by molar-refractivity contribution is -0.870. The maximum absolute atomic E-state index is 13.5. The van der Waals surface area contributed by atoms with Crippen LogP contribution in [0, 0.1) is 0 Å². The van der Waals surface area contributed by atoms with Crippen molar-refractivity contribution in [3.8, 4) is 0 Å². The van der Waals surface area contributed by atoms with Crippen molar-refractivity contribution in [1.29, 1.82) is 0 Å². The van der Waals surface area contributed by atoms with Gasteiger partial charge in [-0.2, -0.15) is 0 Å². The molecule has 1 amide bonds. The van der Waals surface area contributed by atoms with Gasteiger partial charge < -0.3 is 19.4 Å². The van der Waals surface area contributed by atoms with Crippen molar-refractivity contribution in [1.82, 2.24) is 5.32 Å². The molecule has 0 rings (SSSR count). The van der Waals surface area contributed by atoms with Gasteiger partial charge in [-0.25, -0.2) is 4.57 Å². The summed E-state index contributed by atoms with van der Waals surface area (Å²) in [5.74, 6) is -0.499. The number of phosphoric ester groups is 1. The van der Waals surface area contributed by atoms with Gasteiger partial charge in [0.25, 0.3) is 0 Å². The maximum atomic E-state index is 13.5. The molecule has 10 heteroatoms. The molecule has 0 aromatic carbocycles. The number of carbonyl (C=O) groups is 2. The van der Waals surface area contributed by atoms with E-state index in [1.54, 1.807) is 0 Å². The van der Waals surface area contributed by atoms with Gasteiger partial charge in [-0.15, -0.1) is 0 Å². The number of likely N-dealkylation sites (N-methyl/N-ethyl adjacent to an activating group) is 1. The van der Waals surface area contributed by atoms with E-state index in [1.807, 2.05) is 33.3 Å². The van der Waals surface area contributed by atoms with Crippen LogP contribution in [0.25, 0.3) is 0 Å². The Morgan fingerprint density at radius 1 is 0.500 bits per heavy atom. The first-order valence-corrected chi connectivity index (χ1v) is 31.3. The minimum absolute atomic E-state index is 0.0414. The van der Waals surface area contributed by atoms with E-state index >= 15 is 0 Å². The Balaban J connectivity index is 5.26. The molecule has 0 saturated carbocycles. The highest BCUT2D eigenvalue weighted by atomic mass is 31.2. The van der Waals surface area contributed by atoms with Gasteiger partial charge in [0.1, 0.15) is 19.3 Å². The van der Waals surface area contributed by atoms with Crippen LogP contribution in [0.2, 0.25) is 0 Å². The Morgan fingerprint density at radius 3 is 1.31 bits per heavy atom. The van der Waals surface area contributed by atoms with Gasteiger partial charge in [-0.1, -0.05) is 244 Å². The third-order valence-electron chi connectivity index (χ3n) is 13.3. The molecule has 0 aromatic heterocycles. The van der Waals surface area contributed by atoms with E-state index < -0.39 is 20.0 Å². The van der Waals surface area contributed by atoms with E-state index in [0.717, 1.165) is 64.2 Å². The number of carbonyl (C=O) groups excluding carboxylic acids is 2. The smallest absolute Gasteiger partial charge is 0.456 e. The molecule has 0 heterocycles. The Hall–Kier alpha value is -1.77. The van der Waals surface area contributed by atoms with Gasteiger partial charge >= 0.3 is 13.8 Å². The first kappa shape index (κ1) is 68.2. The summed E-state index contributed by atoms with van der Waals surface area (Å²) >= 11 is 0. The predicted octanol–water partition coefficient (Wildman–Crippen LogP) is 17.9. The number of hydrogen-bond acceptors (Lipinski definition) is 6. The molecule has 2 N–H and O–H groups in total. The van der Waals surface area contributed by atoms with Crippen molar-refractivity contribution < 1.29 is 37.3 Å². The topological polar surface area (TPSA) is 111 Å². The summed E-state index contributed by atoms with van der Waals surface area (Å²) in [7, 11) is 1.50. The number of amides is 1. The normalized spacial score (nSPS) is 14.0. The molecule has 0 aromatic rings. The molecule has 70 heavy (non-hydrogen) atoms. The number of quaternary nitrogens is 1. The fourth-order valence-corrected chi connectivity index (χ4v) is 9.41. The first-order chi connectivity index (χ1) is 33.9. The van der Waals surface area contributed by atoms with Crippen molar-refractivity contribution in [2.24, 2.45) is 0 Å². The van der Waals surface area contributed by atoms with E-state index in [1.165, 1.54) is 186 Å². The molecule has 0 fully saturated rings. The first-order valence-electron chi connectivity index (χ1n) is 29.8. The van der Waals surface area contributed by atoms with Gasteiger partial charge in [0.15, 0.2) is 0 Å². The molecule has 0 bridgehead atoms. The predicted molar refractivity (Wildman–Crippen MR) is 300 cm³/mol. The largest absolute Gasteiger partial charge is 0.472 e. The molecule has 0 aliphatic heterocycles. The van der Waals surface area contributed by atoms with Crippen LogP contribution >= 0.6 is 7.82 Å². The summed E-state index contributed by atoms with van der Waals surface area (Å²) in [6.07, 6.45) is 59.9. The van der Waals surface area contributed by atoms with Crippen molar-refractivity contribution in [2.75, 3.05) is 40.9 Å². The number of unbranched alkanes of at least 4 members (excludes halogenated alkanes) is 34. The van der Waals surface area contributed by atoms with Crippen LogP contribution in [-0.2, 0) is 27.9 Å². The van der Waals surface area contributed by atoms with Gasteiger partial charge in [0.05, 0.1) is 33.8 Å². The lowest BCUT2D eigenvalue weighted by atomic mass is 10.0. The Morgan fingerprint density at radius 2 is 0.871 bits per heavy atom. The molecular formula is C60H116N2O7P+. The average molecular weight is 1010 g/mol. The average Bonchev–Trinajstić information content (AvgIpc) is 3.32. The summed E-state index contributed by atoms with van der Waals surface area (Å²) < 4.78 is 30.6. The number of esters is 1. The number of nitrogens with one attached hydrogen (secondary N) is 1. The van der Waals surface area contributed by atoms with Crippen LogP contribution in [0.15, 0.2) is 36.5 Å². The van der Waals surface area contributed by atoms with E-state index in [-0.39, 0.29) is 25.1 Å². The van der Waals surface area contributed by atoms with Crippen LogP contribution in [0.4, 0.5) is 0 Å². The van der Waals surface area contributed by atoms with Gasteiger partial charge in [0.2, 0.25) is 5.91 Å². The quantitative estimate of drug-likeness (QED) is 0.0205. The van der Waals surface area contributed by atoms with Crippen LogP contribution in [0.5, 0.6) is 0 Å². The molecule has 0 radical (unpaired) electrons. The molecule has 412 valence electrons. The van der Waals surface area contributed by atoms with E-state index in [9.17, 15) is 19.0 Å². The molecule has 0 spiro atoms. The lowest BCUT2D eigenvalue weighted by Crippen LogP contribution is -2.47. The van der Waals surface area contributed by atoms with Crippen LogP contribution < -0.4 is 5.32 Å². The fourth-order valence-electron chi connectivity index (χ4n) is 8.68. The Bertz CT molecular complexity index is 1300. The second-order valence-electron chi connectivity index (χ2n) is 21.5. The van der Waals surface area contributed by atoms with Crippen molar-refractivity contribution in [3.05, 3.63) is 36.5 Å². The number of hydrogen-bond donors (Lipinski definition) is 2. The third-order valence-corrected chi connectivity index (χ3v) is 14.3. The SMILES string of the molecule is CCCCC/C=C\C/C=C\CCCCCCCCCCCC(=O)NC(COP(=O)(O)OCC[N+](C)(C)C)C(/C=C\CCCCCCCCCCCC)OC(=O)CCCCCCCCCCCCCCC. The maximum Gasteiger partial charge on any atom is 0.472 e. The van der Waals surface area contributed by atoms with Crippen LogP contribution in [0.1, 0.15) is 284 Å². The summed E-state index contributed by atoms with van der Waals surface area (Å²) in [6, 6.07) is -0.845. The van der Waals surface area contributed by atoms with Gasteiger partial charge in [-0.05, 0) is 63.9 Å². The van der Waals surface area contributed by atoms with Crippen molar-refractivity contribution in [3.63, 3.8) is 0 Å². The molecular weight excluding hydrogens is 892 g/mol. The highest BCUT2D eigenvalue weighted by molar-refractivity contribution is 7.47. The van der Waals surface area contributed by atoms with Crippen LogP contribution in [0.3, 0.4) is 0 Å². The minimum Gasteiger partial charge on any atom is -0.456 e. The zero-order chi connectivity index (χ0) is 51.5. The van der Waals surface area contributed by atoms with E-state index in [0.29, 0.717) is 23.9 Å². The number of phosphoric acid groups is 1. The monoisotopic (exact) mass is 1010 g/mol. The standard InChI is InChI=1S/C60H115N2O7P/c1-7-10-13-16-19-22-25-28-29-30-31-32-33-35-37-40-43-46-49-52-59(63)61-57(56-68-70(65,66)67-55-54-62(4,5)6)58(51-48-45-42-39-36-27-24-21-18-15-12-9-3)69-60(64)53-50-47-44-41-38-34-26-23-20-17-14-11-8-2/h19,22,28-29,48,51,57-58H,7-18,20-21,23-27,30-47,49-50,52-56H2,1-6H3,(H-,61,63,65,66)/p+1/b22-19-,29-28-,51-48-. The minimum atomic E-state index is -4.44. The number of nitrogens with zero attached hydrogens (tertiary/aromatic N) is 1. The molecule has 3 unspecified atom stereocenters. The fraction of sp³-hybridized carbons (Fsp3) is 0.867. The van der Waals surface area contributed by atoms with Gasteiger partial charge in [0, 0.05) is 12.8 Å². The zero-order valence-corrected chi connectivity index (χ0v) is 47.9. The molecule has 9 nitrogen and oxygen atoms in total. The summed E-state index contributed by atoms with van der Waals surface area (Å²) in [5.41, 5.74) is 0. The second-order valence-corrected chi connectivity index (χ2v) is 23.0. The molecule has 0 saturated heterocycles. The molecule has 0 aliphatic carbocycles. The van der Waals surface area contributed by atoms with Gasteiger partial charge in [-0.3, -0.25) is 18.6 Å². The van der Waals surface area contributed by atoms with Crippen molar-refractivity contribution >= 4 is 19.7 Å². The number of ether oxygens (including phenoxy) is 1. The second kappa shape index (κ2) is 50.7. The highest BCUT2D eigenvalue weighted by Gasteiger charge is 2.30. The molecule has 0 aliphatic rings. The number of allylic oxidation sites excluding steroid dienone is 5. The van der Waals surface area contributed by atoms with E-state index in [4.69, 9.17) is 13.8 Å². The third kappa shape index (κ3) is 51.1. The zero-order valence-electron chi connectivity index (χ0n) is 47.0. The van der Waals surface area contributed by atoms with Crippen molar-refractivity contribution in [2.45, 2.75) is 296 Å². The number of rotatable bonds is 54.